The van der Waals surface area contributed by atoms with Gasteiger partial charge in [-0.3, -0.25) is 9.59 Å². The van der Waals surface area contributed by atoms with Crippen molar-refractivity contribution in [3.05, 3.63) is 23.8 Å². The molecule has 1 aromatic rings. The summed E-state index contributed by atoms with van der Waals surface area (Å²) >= 11 is 0. The summed E-state index contributed by atoms with van der Waals surface area (Å²) in [5.41, 5.74) is 0.491. The number of rotatable bonds is 9. The molecule has 128 valence electrons. The molecule has 0 fully saturated rings. The number of methoxy groups -OCH3 is 2. The van der Waals surface area contributed by atoms with Crippen molar-refractivity contribution in [3.63, 3.8) is 0 Å². The lowest BCUT2D eigenvalue weighted by atomic mass is 10.2. The second-order valence-corrected chi connectivity index (χ2v) is 5.19. The first-order chi connectivity index (χ1) is 11.0. The van der Waals surface area contributed by atoms with E-state index >= 15 is 0 Å². The van der Waals surface area contributed by atoms with Crippen LogP contribution in [-0.4, -0.2) is 50.6 Å². The number of nitrogens with zero attached hydrogens (tertiary/aromatic N) is 1. The fourth-order valence-electron chi connectivity index (χ4n) is 2.16. The maximum absolute atomic E-state index is 12.2. The summed E-state index contributed by atoms with van der Waals surface area (Å²) < 4.78 is 10.3. The Hall–Kier alpha value is -2.24. The molecule has 0 saturated carbocycles. The summed E-state index contributed by atoms with van der Waals surface area (Å²) in [4.78, 5) is 25.4. The minimum absolute atomic E-state index is 0.0267. The lowest BCUT2D eigenvalue weighted by Gasteiger charge is -2.21. The van der Waals surface area contributed by atoms with Gasteiger partial charge in [0, 0.05) is 32.1 Å². The lowest BCUT2D eigenvalue weighted by Crippen LogP contribution is -2.38. The quantitative estimate of drug-likeness (QED) is 0.756. The molecule has 0 aliphatic heterocycles. The van der Waals surface area contributed by atoms with E-state index in [1.165, 1.54) is 7.11 Å². The third kappa shape index (κ3) is 5.81. The fraction of sp³-hybridized carbons (Fsp3) is 0.529. The van der Waals surface area contributed by atoms with E-state index in [4.69, 9.17) is 9.47 Å². The molecule has 0 heterocycles. The van der Waals surface area contributed by atoms with Crippen molar-refractivity contribution in [1.82, 2.24) is 10.2 Å². The fourth-order valence-corrected chi connectivity index (χ4v) is 2.16. The third-order valence-corrected chi connectivity index (χ3v) is 3.54. The van der Waals surface area contributed by atoms with E-state index in [1.54, 1.807) is 37.1 Å². The van der Waals surface area contributed by atoms with Crippen LogP contribution in [0.5, 0.6) is 11.5 Å². The number of benzene rings is 1. The number of carbonyl (C=O) groups is 2. The molecule has 6 heteroatoms. The lowest BCUT2D eigenvalue weighted by molar-refractivity contribution is -0.128. The molecule has 6 nitrogen and oxygen atoms in total. The third-order valence-electron chi connectivity index (χ3n) is 3.54. The molecule has 0 unspecified atom stereocenters. The van der Waals surface area contributed by atoms with Crippen LogP contribution in [-0.2, 0) is 4.79 Å². The zero-order valence-corrected chi connectivity index (χ0v) is 14.3. The smallest absolute Gasteiger partial charge is 0.251 e. The Balaban J connectivity index is 2.57. The monoisotopic (exact) mass is 322 g/mol. The van der Waals surface area contributed by atoms with E-state index in [-0.39, 0.29) is 11.8 Å². The second-order valence-electron chi connectivity index (χ2n) is 5.19. The summed E-state index contributed by atoms with van der Waals surface area (Å²) in [6.45, 7) is 5.27. The zero-order chi connectivity index (χ0) is 17.2. The highest BCUT2D eigenvalue weighted by Crippen LogP contribution is 2.27. The van der Waals surface area contributed by atoms with Gasteiger partial charge in [-0.15, -0.1) is 0 Å². The van der Waals surface area contributed by atoms with Gasteiger partial charge in [0.15, 0.2) is 11.5 Å². The molecule has 0 aliphatic rings. The van der Waals surface area contributed by atoms with Crippen molar-refractivity contribution < 1.29 is 19.1 Å². The van der Waals surface area contributed by atoms with Crippen molar-refractivity contribution >= 4 is 11.8 Å². The van der Waals surface area contributed by atoms with Crippen LogP contribution in [0.25, 0.3) is 0 Å². The predicted molar refractivity (Wildman–Crippen MR) is 89.0 cm³/mol. The molecule has 0 bridgehead atoms. The molecule has 0 aliphatic carbocycles. The molecular weight excluding hydrogens is 296 g/mol. The van der Waals surface area contributed by atoms with E-state index in [1.807, 2.05) is 0 Å². The highest BCUT2D eigenvalue weighted by Gasteiger charge is 2.12. The molecule has 0 aromatic heterocycles. The van der Waals surface area contributed by atoms with Gasteiger partial charge in [0.1, 0.15) is 0 Å². The molecule has 2 amide bonds. The van der Waals surface area contributed by atoms with Crippen LogP contribution in [0.4, 0.5) is 0 Å². The standard InChI is InChI=1S/C17H26N2O4/c1-5-6-10-19(13(2)20)11-9-18-17(21)14-7-8-15(22-3)16(12-14)23-4/h7-8,12H,5-6,9-11H2,1-4H3,(H,18,21). The normalized spacial score (nSPS) is 10.1. The average molecular weight is 322 g/mol. The molecular formula is C17H26N2O4. The number of hydrogen-bond acceptors (Lipinski definition) is 4. The van der Waals surface area contributed by atoms with Gasteiger partial charge in [0.05, 0.1) is 14.2 Å². The molecule has 1 aromatic carbocycles. The first-order valence-electron chi connectivity index (χ1n) is 7.79. The maximum atomic E-state index is 12.2. The topological polar surface area (TPSA) is 67.9 Å². The molecule has 0 saturated heterocycles. The second kappa shape index (κ2) is 9.71. The number of carbonyl (C=O) groups excluding carboxylic acids is 2. The predicted octanol–water partition coefficient (Wildman–Crippen LogP) is 2.08. The number of unbranched alkanes of at least 4 members (excludes halogenated alkanes) is 1. The van der Waals surface area contributed by atoms with Crippen LogP contribution in [0, 0.1) is 0 Å². The maximum Gasteiger partial charge on any atom is 0.251 e. The van der Waals surface area contributed by atoms with E-state index in [0.29, 0.717) is 30.2 Å². The van der Waals surface area contributed by atoms with Crippen molar-refractivity contribution in [2.75, 3.05) is 33.9 Å². The van der Waals surface area contributed by atoms with Gasteiger partial charge in [-0.25, -0.2) is 0 Å². The van der Waals surface area contributed by atoms with Gasteiger partial charge < -0.3 is 19.7 Å². The summed E-state index contributed by atoms with van der Waals surface area (Å²) in [5.74, 6) is 0.906. The SMILES string of the molecule is CCCCN(CCNC(=O)c1ccc(OC)c(OC)c1)C(C)=O. The van der Waals surface area contributed by atoms with Gasteiger partial charge in [-0.1, -0.05) is 13.3 Å². The zero-order valence-electron chi connectivity index (χ0n) is 14.3. The van der Waals surface area contributed by atoms with Crippen molar-refractivity contribution in [3.8, 4) is 11.5 Å². The highest BCUT2D eigenvalue weighted by atomic mass is 16.5. The molecule has 0 spiro atoms. The summed E-state index contributed by atoms with van der Waals surface area (Å²) in [5, 5.41) is 2.82. The van der Waals surface area contributed by atoms with Gasteiger partial charge in [-0.05, 0) is 24.6 Å². The molecule has 0 atom stereocenters. The van der Waals surface area contributed by atoms with Crippen LogP contribution in [0.15, 0.2) is 18.2 Å². The molecule has 1 N–H and O–H groups in total. The van der Waals surface area contributed by atoms with Gasteiger partial charge >= 0.3 is 0 Å². The summed E-state index contributed by atoms with van der Waals surface area (Å²) in [7, 11) is 3.07. The van der Waals surface area contributed by atoms with Crippen LogP contribution < -0.4 is 14.8 Å². The van der Waals surface area contributed by atoms with Gasteiger partial charge in [0.25, 0.3) is 5.91 Å². The number of nitrogens with one attached hydrogen (secondary N) is 1. The summed E-state index contributed by atoms with van der Waals surface area (Å²) in [6.07, 6.45) is 1.99. The molecule has 23 heavy (non-hydrogen) atoms. The van der Waals surface area contributed by atoms with Crippen molar-refractivity contribution in [2.45, 2.75) is 26.7 Å². The molecule has 1 rings (SSSR count). The van der Waals surface area contributed by atoms with E-state index in [9.17, 15) is 9.59 Å². The first kappa shape index (κ1) is 18.8. The Morgan fingerprint density at radius 3 is 2.39 bits per heavy atom. The molecule has 0 radical (unpaired) electrons. The summed E-state index contributed by atoms with van der Waals surface area (Å²) in [6, 6.07) is 5.00. The number of hydrogen-bond donors (Lipinski definition) is 1. The van der Waals surface area contributed by atoms with Crippen LogP contribution in [0.2, 0.25) is 0 Å². The first-order valence-corrected chi connectivity index (χ1v) is 7.79. The van der Waals surface area contributed by atoms with Crippen LogP contribution in [0.1, 0.15) is 37.0 Å². The highest BCUT2D eigenvalue weighted by molar-refractivity contribution is 5.94. The largest absolute Gasteiger partial charge is 0.493 e. The minimum Gasteiger partial charge on any atom is -0.493 e. The van der Waals surface area contributed by atoms with E-state index < -0.39 is 0 Å². The van der Waals surface area contributed by atoms with Crippen molar-refractivity contribution in [2.24, 2.45) is 0 Å². The van der Waals surface area contributed by atoms with Crippen LogP contribution in [0.3, 0.4) is 0 Å². The van der Waals surface area contributed by atoms with Crippen LogP contribution >= 0.6 is 0 Å². The van der Waals surface area contributed by atoms with Crippen molar-refractivity contribution in [1.29, 1.82) is 0 Å². The van der Waals surface area contributed by atoms with Gasteiger partial charge in [0.2, 0.25) is 5.91 Å². The van der Waals surface area contributed by atoms with E-state index in [0.717, 1.165) is 19.4 Å². The Kier molecular flexibility index (Phi) is 7.94. The Morgan fingerprint density at radius 2 is 1.83 bits per heavy atom. The Morgan fingerprint density at radius 1 is 1.13 bits per heavy atom. The van der Waals surface area contributed by atoms with E-state index in [2.05, 4.69) is 12.2 Å². The average Bonchev–Trinajstić information content (AvgIpc) is 2.56. The number of amides is 2. The Bertz CT molecular complexity index is 531. The minimum atomic E-state index is -0.204. The number of ether oxygens (including phenoxy) is 2. The Labute approximate surface area is 137 Å². The van der Waals surface area contributed by atoms with Gasteiger partial charge in [-0.2, -0.15) is 0 Å².